The zero-order valence-electron chi connectivity index (χ0n) is 17.2. The molecule has 4 rings (SSSR count). The Morgan fingerprint density at radius 1 is 1.00 bits per heavy atom. The Morgan fingerprint density at radius 2 is 1.72 bits per heavy atom. The van der Waals surface area contributed by atoms with Gasteiger partial charge in [-0.1, -0.05) is 18.2 Å². The molecule has 1 heterocycles. The van der Waals surface area contributed by atoms with Crippen molar-refractivity contribution < 1.29 is 28.6 Å². The minimum atomic E-state index is -1.03. The van der Waals surface area contributed by atoms with E-state index in [9.17, 15) is 14.4 Å². The number of para-hydroxylation sites is 1. The Kier molecular flexibility index (Phi) is 6.03. The van der Waals surface area contributed by atoms with Crippen LogP contribution < -0.4 is 20.1 Å². The summed E-state index contributed by atoms with van der Waals surface area (Å²) in [6, 6.07) is 20.8. The summed E-state index contributed by atoms with van der Waals surface area (Å²) in [5, 5.41) is 5.42. The van der Waals surface area contributed by atoms with Gasteiger partial charge in [0, 0.05) is 5.69 Å². The molecule has 0 aromatic heterocycles. The number of fused-ring (bicyclic) bond motifs is 1. The minimum absolute atomic E-state index is 0.198. The van der Waals surface area contributed by atoms with Gasteiger partial charge in [-0.15, -0.1) is 0 Å². The number of rotatable bonds is 6. The molecular weight excluding hydrogens is 412 g/mol. The molecule has 0 radical (unpaired) electrons. The normalized spacial score (nSPS) is 14.4. The van der Waals surface area contributed by atoms with Gasteiger partial charge in [0.25, 0.3) is 5.91 Å². The maximum absolute atomic E-state index is 12.5. The quantitative estimate of drug-likeness (QED) is 0.571. The molecule has 0 saturated heterocycles. The average Bonchev–Trinajstić information content (AvgIpc) is 2.80. The lowest BCUT2D eigenvalue weighted by atomic mass is 10.1. The van der Waals surface area contributed by atoms with Gasteiger partial charge in [-0.05, 0) is 54.6 Å². The summed E-state index contributed by atoms with van der Waals surface area (Å²) in [5.74, 6) is 0.275. The molecule has 8 heteroatoms. The van der Waals surface area contributed by atoms with Crippen molar-refractivity contribution in [3.8, 4) is 17.2 Å². The number of esters is 1. The number of benzene rings is 3. The summed E-state index contributed by atoms with van der Waals surface area (Å²) >= 11 is 0. The van der Waals surface area contributed by atoms with Gasteiger partial charge in [-0.3, -0.25) is 9.59 Å². The monoisotopic (exact) mass is 432 g/mol. The van der Waals surface area contributed by atoms with Crippen molar-refractivity contribution in [1.29, 1.82) is 0 Å². The SMILES string of the molecule is COC(=O)c1ccc2c(c1)OC(CC(=O)Nc1ccc(Oc3ccccc3)cc1)C(=O)N2. The van der Waals surface area contributed by atoms with E-state index in [1.54, 1.807) is 30.3 Å². The predicted molar refractivity (Wildman–Crippen MR) is 117 cm³/mol. The lowest BCUT2D eigenvalue weighted by Crippen LogP contribution is -2.39. The fraction of sp³-hybridized carbons (Fsp3) is 0.125. The Morgan fingerprint density at radius 3 is 2.44 bits per heavy atom. The topological polar surface area (TPSA) is 103 Å². The number of hydrogen-bond donors (Lipinski definition) is 2. The zero-order chi connectivity index (χ0) is 22.5. The first-order valence-corrected chi connectivity index (χ1v) is 9.84. The third-order valence-corrected chi connectivity index (χ3v) is 4.71. The van der Waals surface area contributed by atoms with E-state index in [0.717, 1.165) is 0 Å². The molecule has 1 aliphatic heterocycles. The van der Waals surface area contributed by atoms with E-state index in [2.05, 4.69) is 10.6 Å². The van der Waals surface area contributed by atoms with Crippen molar-refractivity contribution in [2.45, 2.75) is 12.5 Å². The van der Waals surface area contributed by atoms with Crippen molar-refractivity contribution in [3.05, 3.63) is 78.4 Å². The van der Waals surface area contributed by atoms with Crippen molar-refractivity contribution in [1.82, 2.24) is 0 Å². The summed E-state index contributed by atoms with van der Waals surface area (Å²) < 4.78 is 16.1. The second-order valence-corrected chi connectivity index (χ2v) is 6.99. The highest BCUT2D eigenvalue weighted by Crippen LogP contribution is 2.32. The van der Waals surface area contributed by atoms with Crippen LogP contribution in [0.15, 0.2) is 72.8 Å². The second-order valence-electron chi connectivity index (χ2n) is 6.99. The van der Waals surface area contributed by atoms with Crippen LogP contribution in [-0.2, 0) is 14.3 Å². The van der Waals surface area contributed by atoms with Gasteiger partial charge in [0.05, 0.1) is 24.8 Å². The molecule has 3 aromatic carbocycles. The van der Waals surface area contributed by atoms with Crippen LogP contribution in [0.4, 0.5) is 11.4 Å². The molecular formula is C24H20N2O6. The number of hydrogen-bond acceptors (Lipinski definition) is 6. The molecule has 0 fully saturated rings. The van der Waals surface area contributed by atoms with E-state index in [-0.39, 0.29) is 12.0 Å². The molecule has 162 valence electrons. The second kappa shape index (κ2) is 9.22. The first-order chi connectivity index (χ1) is 15.5. The highest BCUT2D eigenvalue weighted by molar-refractivity contribution is 6.02. The van der Waals surface area contributed by atoms with Crippen LogP contribution in [0.3, 0.4) is 0 Å². The number of methoxy groups -OCH3 is 1. The molecule has 32 heavy (non-hydrogen) atoms. The summed E-state index contributed by atoms with van der Waals surface area (Å²) in [7, 11) is 1.28. The number of carbonyl (C=O) groups is 3. The van der Waals surface area contributed by atoms with Gasteiger partial charge < -0.3 is 24.8 Å². The van der Waals surface area contributed by atoms with Crippen molar-refractivity contribution >= 4 is 29.2 Å². The largest absolute Gasteiger partial charge is 0.478 e. The third kappa shape index (κ3) is 4.86. The number of ether oxygens (including phenoxy) is 3. The van der Waals surface area contributed by atoms with E-state index in [1.807, 2.05) is 30.3 Å². The van der Waals surface area contributed by atoms with Crippen LogP contribution in [0.5, 0.6) is 17.2 Å². The fourth-order valence-corrected chi connectivity index (χ4v) is 3.13. The third-order valence-electron chi connectivity index (χ3n) is 4.71. The molecule has 8 nitrogen and oxygen atoms in total. The molecule has 2 amide bonds. The standard InChI is InChI=1S/C24H20N2O6/c1-30-24(29)15-7-12-19-20(13-15)32-21(23(28)26-19)14-22(27)25-16-8-10-18(11-9-16)31-17-5-3-2-4-6-17/h2-13,21H,14H2,1H3,(H,25,27)(H,26,28). The van der Waals surface area contributed by atoms with E-state index in [4.69, 9.17) is 14.2 Å². The van der Waals surface area contributed by atoms with Gasteiger partial charge in [0.1, 0.15) is 17.2 Å². The summed E-state index contributed by atoms with van der Waals surface area (Å²) in [6.45, 7) is 0. The van der Waals surface area contributed by atoms with E-state index < -0.39 is 23.9 Å². The predicted octanol–water partition coefficient (Wildman–Crippen LogP) is 3.99. The van der Waals surface area contributed by atoms with Gasteiger partial charge in [0.15, 0.2) is 6.10 Å². The van der Waals surface area contributed by atoms with Crippen LogP contribution in [0.2, 0.25) is 0 Å². The maximum atomic E-state index is 12.5. The van der Waals surface area contributed by atoms with Crippen LogP contribution in [0.25, 0.3) is 0 Å². The van der Waals surface area contributed by atoms with Gasteiger partial charge in [0.2, 0.25) is 5.91 Å². The van der Waals surface area contributed by atoms with Crippen molar-refractivity contribution in [2.24, 2.45) is 0 Å². The minimum Gasteiger partial charge on any atom is -0.478 e. The Labute approximate surface area is 184 Å². The summed E-state index contributed by atoms with van der Waals surface area (Å²) in [5.41, 5.74) is 1.26. The Hall–Kier alpha value is -4.33. The molecule has 3 aromatic rings. The van der Waals surface area contributed by atoms with Crippen molar-refractivity contribution in [3.63, 3.8) is 0 Å². The number of anilines is 2. The van der Waals surface area contributed by atoms with Crippen molar-refractivity contribution in [2.75, 3.05) is 17.7 Å². The Balaban J connectivity index is 1.36. The molecule has 0 spiro atoms. The lowest BCUT2D eigenvalue weighted by Gasteiger charge is -2.25. The van der Waals surface area contributed by atoms with Crippen LogP contribution in [0, 0.1) is 0 Å². The Bertz CT molecular complexity index is 1140. The molecule has 1 atom stereocenters. The van der Waals surface area contributed by atoms with Crippen LogP contribution in [-0.4, -0.2) is 31.0 Å². The summed E-state index contributed by atoms with van der Waals surface area (Å²) in [6.07, 6.45) is -1.23. The first kappa shape index (κ1) is 20.9. The highest BCUT2D eigenvalue weighted by Gasteiger charge is 2.30. The van der Waals surface area contributed by atoms with E-state index >= 15 is 0 Å². The molecule has 2 N–H and O–H groups in total. The fourth-order valence-electron chi connectivity index (χ4n) is 3.13. The zero-order valence-corrected chi connectivity index (χ0v) is 17.2. The lowest BCUT2D eigenvalue weighted by molar-refractivity contribution is -0.128. The first-order valence-electron chi connectivity index (χ1n) is 9.84. The number of carbonyl (C=O) groups excluding carboxylic acids is 3. The molecule has 1 unspecified atom stereocenters. The van der Waals surface area contributed by atoms with Gasteiger partial charge >= 0.3 is 5.97 Å². The van der Waals surface area contributed by atoms with Crippen LogP contribution >= 0.6 is 0 Å². The number of amides is 2. The smallest absolute Gasteiger partial charge is 0.337 e. The number of nitrogens with one attached hydrogen (secondary N) is 2. The molecule has 0 bridgehead atoms. The van der Waals surface area contributed by atoms with Gasteiger partial charge in [-0.25, -0.2) is 4.79 Å². The molecule has 0 aliphatic carbocycles. The average molecular weight is 432 g/mol. The van der Waals surface area contributed by atoms with E-state index in [1.165, 1.54) is 19.2 Å². The molecule has 0 saturated carbocycles. The van der Waals surface area contributed by atoms with E-state index in [0.29, 0.717) is 28.6 Å². The molecule has 1 aliphatic rings. The maximum Gasteiger partial charge on any atom is 0.337 e. The highest BCUT2D eigenvalue weighted by atomic mass is 16.5. The van der Waals surface area contributed by atoms with Crippen LogP contribution in [0.1, 0.15) is 16.8 Å². The summed E-state index contributed by atoms with van der Waals surface area (Å²) in [4.78, 5) is 36.5. The van der Waals surface area contributed by atoms with Gasteiger partial charge in [-0.2, -0.15) is 0 Å².